The molecule has 0 aliphatic rings. The molecule has 0 N–H and O–H groups in total. The van der Waals surface area contributed by atoms with Gasteiger partial charge in [-0.15, -0.1) is 0 Å². The van der Waals surface area contributed by atoms with E-state index in [2.05, 4.69) is 0 Å². The van der Waals surface area contributed by atoms with Gasteiger partial charge in [-0.25, -0.2) is 9.53 Å². The third-order valence-electron chi connectivity index (χ3n) is 1.78. The van der Waals surface area contributed by atoms with Gasteiger partial charge in [0.05, 0.1) is 6.10 Å². The number of hydrogen-bond acceptors (Lipinski definition) is 3. The monoisotopic (exact) mass is 221 g/mol. The molecular formula is C12H15NO3. The van der Waals surface area contributed by atoms with Crippen LogP contribution in [0.2, 0.25) is 0 Å². The smallest absolute Gasteiger partial charge is 0.396 e. The van der Waals surface area contributed by atoms with Gasteiger partial charge in [0, 0.05) is 5.56 Å². The summed E-state index contributed by atoms with van der Waals surface area (Å²) in [5.41, 5.74) is 0.853. The number of rotatable bonds is 4. The van der Waals surface area contributed by atoms with Crippen LogP contribution in [0, 0.1) is 5.21 Å². The van der Waals surface area contributed by atoms with Gasteiger partial charge in [0.25, 0.3) is 6.21 Å². The van der Waals surface area contributed by atoms with Crippen molar-refractivity contribution in [2.45, 2.75) is 26.5 Å². The molecule has 1 aromatic rings. The maximum absolute atomic E-state index is 11.4. The minimum absolute atomic E-state index is 0.147. The van der Waals surface area contributed by atoms with E-state index >= 15 is 0 Å². The molecule has 1 rings (SSSR count). The van der Waals surface area contributed by atoms with Crippen LogP contribution in [0.3, 0.4) is 0 Å². The number of hydrogen-bond donors (Lipinski definition) is 0. The van der Waals surface area contributed by atoms with Gasteiger partial charge >= 0.3 is 5.97 Å². The molecular weight excluding hydrogens is 206 g/mol. The normalized spacial score (nSPS) is 11.6. The second kappa shape index (κ2) is 5.90. The lowest BCUT2D eigenvalue weighted by Crippen LogP contribution is -2.18. The van der Waals surface area contributed by atoms with Crippen LogP contribution in [0.15, 0.2) is 30.3 Å². The number of nitrogens with zero attached hydrogens (tertiary/aromatic N) is 1. The molecule has 0 aromatic heterocycles. The summed E-state index contributed by atoms with van der Waals surface area (Å²) in [5, 5.41) is 11.4. The Morgan fingerprint density at radius 1 is 1.44 bits per heavy atom. The topological polar surface area (TPSA) is 52.4 Å². The summed E-state index contributed by atoms with van der Waals surface area (Å²) in [6.45, 7) is 3.62. The molecule has 0 saturated heterocycles. The van der Waals surface area contributed by atoms with Gasteiger partial charge < -0.3 is 9.94 Å². The van der Waals surface area contributed by atoms with Crippen LogP contribution in [0.1, 0.15) is 19.4 Å². The molecule has 4 heteroatoms. The second-order valence-corrected chi connectivity index (χ2v) is 3.68. The fraction of sp³-hybridized carbons (Fsp3) is 0.333. The predicted molar refractivity (Wildman–Crippen MR) is 61.1 cm³/mol. The van der Waals surface area contributed by atoms with Crippen LogP contribution >= 0.6 is 0 Å². The molecule has 0 heterocycles. The van der Waals surface area contributed by atoms with Crippen LogP contribution in [-0.2, 0) is 16.1 Å². The lowest BCUT2D eigenvalue weighted by molar-refractivity contribution is -0.469. The van der Waals surface area contributed by atoms with Crippen LogP contribution < -0.4 is 0 Å². The number of benzene rings is 1. The third kappa shape index (κ3) is 4.59. The van der Waals surface area contributed by atoms with Gasteiger partial charge in [0.2, 0.25) is 0 Å². The summed E-state index contributed by atoms with van der Waals surface area (Å²) in [6, 6.07) is 9.21. The van der Waals surface area contributed by atoms with Crippen LogP contribution in [0.5, 0.6) is 0 Å². The molecule has 0 unspecified atom stereocenters. The maximum Gasteiger partial charge on any atom is 0.396 e. The van der Waals surface area contributed by atoms with Crippen molar-refractivity contribution in [1.82, 2.24) is 0 Å². The molecule has 1 aromatic carbocycles. The quantitative estimate of drug-likeness (QED) is 0.256. The molecule has 16 heavy (non-hydrogen) atoms. The van der Waals surface area contributed by atoms with E-state index in [4.69, 9.17) is 4.74 Å². The Kier molecular flexibility index (Phi) is 4.51. The van der Waals surface area contributed by atoms with Crippen LogP contribution in [0.25, 0.3) is 0 Å². The fourth-order valence-electron chi connectivity index (χ4n) is 1.19. The highest BCUT2D eigenvalue weighted by atomic mass is 16.5. The molecule has 0 atom stereocenters. The molecule has 0 fully saturated rings. The van der Waals surface area contributed by atoms with E-state index in [-0.39, 0.29) is 12.6 Å². The molecule has 0 aliphatic carbocycles. The first-order valence-corrected chi connectivity index (χ1v) is 5.11. The average Bonchev–Trinajstić information content (AvgIpc) is 2.17. The standard InChI is InChI=1S/C12H15NO3/c1-10(2)16-12(14)9-13(15)8-11-6-4-3-5-7-11/h3-7,9-10H,8H2,1-2H3/b13-9-. The molecule has 0 saturated carbocycles. The molecule has 0 radical (unpaired) electrons. The molecule has 86 valence electrons. The van der Waals surface area contributed by atoms with E-state index in [1.165, 1.54) is 0 Å². The Balaban J connectivity index is 2.55. The lowest BCUT2D eigenvalue weighted by Gasteiger charge is -2.06. The van der Waals surface area contributed by atoms with Crippen molar-refractivity contribution in [3.05, 3.63) is 41.1 Å². The van der Waals surface area contributed by atoms with Gasteiger partial charge in [0.15, 0.2) is 6.54 Å². The van der Waals surface area contributed by atoms with E-state index in [1.807, 2.05) is 30.3 Å². The molecule has 0 bridgehead atoms. The number of esters is 1. The summed E-state index contributed by atoms with van der Waals surface area (Å²) in [6.07, 6.45) is 0.710. The van der Waals surface area contributed by atoms with Crippen LogP contribution in [-0.4, -0.2) is 23.0 Å². The maximum atomic E-state index is 11.4. The van der Waals surface area contributed by atoms with Gasteiger partial charge in [-0.2, -0.15) is 0 Å². The lowest BCUT2D eigenvalue weighted by atomic mass is 10.2. The Labute approximate surface area is 94.7 Å². The van der Waals surface area contributed by atoms with E-state index in [0.29, 0.717) is 4.74 Å². The van der Waals surface area contributed by atoms with E-state index in [1.54, 1.807) is 13.8 Å². The average molecular weight is 221 g/mol. The SMILES string of the molecule is CC(C)OC(=O)/C=[N+](\[O-])Cc1ccccc1. The molecule has 0 spiro atoms. The summed E-state index contributed by atoms with van der Waals surface area (Å²) in [7, 11) is 0. The Morgan fingerprint density at radius 3 is 2.62 bits per heavy atom. The zero-order chi connectivity index (χ0) is 12.0. The molecule has 0 amide bonds. The number of carbonyl (C=O) groups excluding carboxylic acids is 1. The zero-order valence-corrected chi connectivity index (χ0v) is 9.42. The minimum atomic E-state index is -0.610. The number of ether oxygens (including phenoxy) is 1. The van der Waals surface area contributed by atoms with Crippen molar-refractivity contribution < 1.29 is 14.3 Å². The largest absolute Gasteiger partial charge is 0.623 e. The summed E-state index contributed by atoms with van der Waals surface area (Å²) in [5.74, 6) is -0.610. The minimum Gasteiger partial charge on any atom is -0.623 e. The number of carbonyl (C=O) groups is 1. The van der Waals surface area contributed by atoms with Gasteiger partial charge in [-0.05, 0) is 13.8 Å². The Bertz CT molecular complexity index is 371. The van der Waals surface area contributed by atoms with Gasteiger partial charge in [0.1, 0.15) is 0 Å². The van der Waals surface area contributed by atoms with E-state index < -0.39 is 5.97 Å². The first-order valence-electron chi connectivity index (χ1n) is 5.11. The highest BCUT2D eigenvalue weighted by molar-refractivity contribution is 6.21. The van der Waals surface area contributed by atoms with E-state index in [0.717, 1.165) is 11.8 Å². The molecule has 4 nitrogen and oxygen atoms in total. The van der Waals surface area contributed by atoms with Crippen molar-refractivity contribution in [3.8, 4) is 0 Å². The highest BCUT2D eigenvalue weighted by Crippen LogP contribution is 1.99. The summed E-state index contributed by atoms with van der Waals surface area (Å²) < 4.78 is 5.39. The van der Waals surface area contributed by atoms with Crippen molar-refractivity contribution >= 4 is 12.2 Å². The number of hydroxylamine groups is 1. The van der Waals surface area contributed by atoms with Crippen LogP contribution in [0.4, 0.5) is 0 Å². The van der Waals surface area contributed by atoms with E-state index in [9.17, 15) is 10.0 Å². The Morgan fingerprint density at radius 2 is 2.06 bits per heavy atom. The predicted octanol–water partition coefficient (Wildman–Crippen LogP) is 1.72. The summed E-state index contributed by atoms with van der Waals surface area (Å²) >= 11 is 0. The van der Waals surface area contributed by atoms with Crippen molar-refractivity contribution in [2.75, 3.05) is 0 Å². The Hall–Kier alpha value is -1.84. The molecule has 0 aliphatic heterocycles. The highest BCUT2D eigenvalue weighted by Gasteiger charge is 2.07. The van der Waals surface area contributed by atoms with Crippen molar-refractivity contribution in [2.24, 2.45) is 0 Å². The second-order valence-electron chi connectivity index (χ2n) is 3.68. The summed E-state index contributed by atoms with van der Waals surface area (Å²) in [4.78, 5) is 11.1. The fourth-order valence-corrected chi connectivity index (χ4v) is 1.19. The third-order valence-corrected chi connectivity index (χ3v) is 1.78. The first-order chi connectivity index (χ1) is 7.58. The first kappa shape index (κ1) is 12.2. The zero-order valence-electron chi connectivity index (χ0n) is 9.42. The van der Waals surface area contributed by atoms with Crippen molar-refractivity contribution in [3.63, 3.8) is 0 Å². The van der Waals surface area contributed by atoms with Gasteiger partial charge in [-0.3, -0.25) is 0 Å². The van der Waals surface area contributed by atoms with Crippen molar-refractivity contribution in [1.29, 1.82) is 0 Å². The van der Waals surface area contributed by atoms with Gasteiger partial charge in [-0.1, -0.05) is 30.3 Å².